The second-order valence-electron chi connectivity index (χ2n) is 4.97. The number of hydrogen-bond donors (Lipinski definition) is 0. The summed E-state index contributed by atoms with van der Waals surface area (Å²) < 4.78 is 5.83. The summed E-state index contributed by atoms with van der Waals surface area (Å²) in [6, 6.07) is 4.22. The maximum atomic E-state index is 9.69. The Morgan fingerprint density at radius 2 is 2.04 bits per heavy atom. The van der Waals surface area contributed by atoms with E-state index >= 15 is 0 Å². The summed E-state index contributed by atoms with van der Waals surface area (Å²) in [4.78, 5) is 11.0. The van der Waals surface area contributed by atoms with Crippen molar-refractivity contribution in [2.24, 2.45) is 0 Å². The monoisotopic (exact) mass is 368 g/mol. The molecule has 4 heteroatoms. The van der Waals surface area contributed by atoms with Crippen molar-refractivity contribution in [3.63, 3.8) is 0 Å². The highest BCUT2D eigenvalue weighted by molar-refractivity contribution is 8.07. The van der Waals surface area contributed by atoms with Crippen LogP contribution in [0.15, 0.2) is 30.9 Å². The summed E-state index contributed by atoms with van der Waals surface area (Å²) in [6.45, 7) is 12.9. The molecule has 24 heavy (non-hydrogen) atoms. The fraction of sp³-hybridized carbons (Fsp3) is 0.450. The van der Waals surface area contributed by atoms with E-state index in [2.05, 4.69) is 38.8 Å². The number of ketones is 1. The van der Waals surface area contributed by atoms with E-state index in [-0.39, 0.29) is 5.78 Å². The zero-order chi connectivity index (χ0) is 18.7. The number of allylic oxidation sites excluding steroid dienone is 2. The molecule has 0 spiro atoms. The maximum absolute atomic E-state index is 9.69. The van der Waals surface area contributed by atoms with Crippen molar-refractivity contribution < 1.29 is 9.53 Å². The summed E-state index contributed by atoms with van der Waals surface area (Å²) in [6.07, 6.45) is 7.78. The number of benzene rings is 1. The van der Waals surface area contributed by atoms with Crippen LogP contribution < -0.4 is 4.74 Å². The molecule has 2 rings (SSSR count). The largest absolute Gasteiger partial charge is 0.488 e. The first-order valence-corrected chi connectivity index (χ1v) is 9.89. The van der Waals surface area contributed by atoms with Crippen molar-refractivity contribution in [1.82, 2.24) is 0 Å². The summed E-state index contributed by atoms with van der Waals surface area (Å²) in [7, 11) is 0. The first-order chi connectivity index (χ1) is 11.5. The lowest BCUT2D eigenvalue weighted by molar-refractivity contribution is -0.112. The summed E-state index contributed by atoms with van der Waals surface area (Å²) in [5.41, 5.74) is 2.44. The Labute approximate surface area is 156 Å². The zero-order valence-corrected chi connectivity index (χ0v) is 17.2. The fourth-order valence-electron chi connectivity index (χ4n) is 2.16. The molecule has 0 N–H and O–H groups in total. The van der Waals surface area contributed by atoms with E-state index < -0.39 is 0 Å². The first kappa shape index (κ1) is 22.8. The van der Waals surface area contributed by atoms with Gasteiger partial charge in [0.1, 0.15) is 11.9 Å². The highest BCUT2D eigenvalue weighted by Gasteiger charge is 2.24. The summed E-state index contributed by atoms with van der Waals surface area (Å²) >= 11 is 8.04. The second-order valence-corrected chi connectivity index (χ2v) is 6.23. The molecule has 0 amide bonds. The highest BCUT2D eigenvalue weighted by atomic mass is 35.5. The molecule has 0 fully saturated rings. The molecule has 0 saturated heterocycles. The molecule has 134 valence electrons. The van der Waals surface area contributed by atoms with Gasteiger partial charge in [-0.3, -0.25) is 4.79 Å². The Kier molecular flexibility index (Phi) is 11.6. The van der Waals surface area contributed by atoms with Crippen molar-refractivity contribution in [2.75, 3.05) is 6.26 Å². The molecule has 1 unspecified atom stereocenters. The molecule has 1 heterocycles. The van der Waals surface area contributed by atoms with Gasteiger partial charge in [-0.2, -0.15) is 0 Å². The van der Waals surface area contributed by atoms with Gasteiger partial charge in [0.2, 0.25) is 0 Å². The van der Waals surface area contributed by atoms with Gasteiger partial charge in [-0.15, -0.1) is 11.8 Å². The van der Waals surface area contributed by atoms with E-state index in [4.69, 9.17) is 16.3 Å². The van der Waals surface area contributed by atoms with Gasteiger partial charge >= 0.3 is 0 Å². The van der Waals surface area contributed by atoms with Crippen molar-refractivity contribution in [2.45, 2.75) is 53.6 Å². The maximum Gasteiger partial charge on any atom is 0.152 e. The Morgan fingerprint density at radius 3 is 2.46 bits per heavy atom. The number of carbonyl (C=O) groups excluding carboxylic acids is 1. The van der Waals surface area contributed by atoms with E-state index in [0.29, 0.717) is 6.10 Å². The molecular formula is C20H29ClO2S. The molecule has 0 saturated carbocycles. The molecule has 1 atom stereocenters. The number of carbonyl (C=O) groups is 1. The molecule has 0 bridgehead atoms. The molecule has 1 aliphatic rings. The second kappa shape index (κ2) is 12.2. The number of hydrogen-bond acceptors (Lipinski definition) is 3. The number of rotatable bonds is 4. The average Bonchev–Trinajstić information content (AvgIpc) is 3.02. The van der Waals surface area contributed by atoms with E-state index in [1.165, 1.54) is 29.0 Å². The van der Waals surface area contributed by atoms with Gasteiger partial charge in [0, 0.05) is 11.3 Å². The van der Waals surface area contributed by atoms with E-state index in [9.17, 15) is 4.79 Å². The fourth-order valence-corrected chi connectivity index (χ4v) is 3.03. The average molecular weight is 369 g/mol. The highest BCUT2D eigenvalue weighted by Crippen LogP contribution is 2.40. The van der Waals surface area contributed by atoms with Crippen LogP contribution in [0.5, 0.6) is 5.75 Å². The van der Waals surface area contributed by atoms with Crippen LogP contribution in [-0.2, 0) is 11.2 Å². The lowest BCUT2D eigenvalue weighted by Gasteiger charge is -2.09. The third-order valence-corrected chi connectivity index (χ3v) is 4.55. The molecule has 0 aromatic heterocycles. The molecule has 1 aliphatic heterocycles. The molecule has 0 aliphatic carbocycles. The summed E-state index contributed by atoms with van der Waals surface area (Å²) in [5.74, 6) is 0.906. The number of fused-ring (bicyclic) bond motifs is 1. The first-order valence-electron chi connectivity index (χ1n) is 8.29. The minimum absolute atomic E-state index is 0.0185. The quantitative estimate of drug-likeness (QED) is 0.562. The van der Waals surface area contributed by atoms with Crippen LogP contribution >= 0.6 is 23.4 Å². The van der Waals surface area contributed by atoms with Gasteiger partial charge in [0.15, 0.2) is 5.78 Å². The standard InChI is InChI=1S/C14H17ClOS.C4H6O.C2H6/c1-4-11-7-10-6-9(13(5-2)17-3)8-12(15)14(10)16-11;1-3-4(2)5;1-2/h5-6,8,11H,4,7H2,1-3H3;3H,1H2,2H3;1-2H3/b13-5-;;. The van der Waals surface area contributed by atoms with E-state index in [0.717, 1.165) is 23.6 Å². The molecule has 1 aromatic rings. The van der Waals surface area contributed by atoms with Crippen LogP contribution in [0.1, 0.15) is 52.2 Å². The summed E-state index contributed by atoms with van der Waals surface area (Å²) in [5, 5.41) is 0.738. The van der Waals surface area contributed by atoms with E-state index in [1.807, 2.05) is 19.9 Å². The van der Waals surface area contributed by atoms with Gasteiger partial charge in [0.05, 0.1) is 5.02 Å². The van der Waals surface area contributed by atoms with Crippen LogP contribution in [0.3, 0.4) is 0 Å². The number of thioether (sulfide) groups is 1. The Morgan fingerprint density at radius 1 is 1.46 bits per heavy atom. The van der Waals surface area contributed by atoms with Crippen LogP contribution in [0.4, 0.5) is 0 Å². The Balaban J connectivity index is 0.000000650. The zero-order valence-electron chi connectivity index (χ0n) is 15.6. The Bertz CT molecular complexity index is 579. The SMILES string of the molecule is C/C=C(\SC)c1cc(Cl)c2c(c1)CC(CC)O2.C=CC(C)=O.CC. The minimum atomic E-state index is 0.0185. The third-order valence-electron chi connectivity index (χ3n) is 3.36. The van der Waals surface area contributed by atoms with Crippen LogP contribution in [-0.4, -0.2) is 18.1 Å². The third kappa shape index (κ3) is 6.74. The minimum Gasteiger partial charge on any atom is -0.488 e. The van der Waals surface area contributed by atoms with Crippen molar-refractivity contribution >= 4 is 34.1 Å². The lowest BCUT2D eigenvalue weighted by atomic mass is 10.1. The molecule has 1 aromatic carbocycles. The topological polar surface area (TPSA) is 26.3 Å². The van der Waals surface area contributed by atoms with Crippen molar-refractivity contribution in [3.05, 3.63) is 47.0 Å². The van der Waals surface area contributed by atoms with E-state index in [1.54, 1.807) is 11.8 Å². The molecule has 2 nitrogen and oxygen atoms in total. The number of halogens is 1. The molecular weight excluding hydrogens is 340 g/mol. The predicted molar refractivity (Wildman–Crippen MR) is 109 cm³/mol. The van der Waals surface area contributed by atoms with Crippen molar-refractivity contribution in [3.8, 4) is 5.75 Å². The van der Waals surface area contributed by atoms with Crippen molar-refractivity contribution in [1.29, 1.82) is 0 Å². The van der Waals surface area contributed by atoms with Gasteiger partial charge in [-0.05, 0) is 55.9 Å². The van der Waals surface area contributed by atoms with Crippen LogP contribution in [0.2, 0.25) is 5.02 Å². The van der Waals surface area contributed by atoms with Gasteiger partial charge in [-0.25, -0.2) is 0 Å². The lowest BCUT2D eigenvalue weighted by Crippen LogP contribution is -2.10. The van der Waals surface area contributed by atoms with Gasteiger partial charge < -0.3 is 4.74 Å². The number of ether oxygens (including phenoxy) is 1. The van der Waals surface area contributed by atoms with Gasteiger partial charge in [-0.1, -0.05) is 45.0 Å². The predicted octanol–water partition coefficient (Wildman–Crippen LogP) is 6.56. The normalized spacial score (nSPS) is 15.1. The Hall–Kier alpha value is -1.19. The van der Waals surface area contributed by atoms with Gasteiger partial charge in [0.25, 0.3) is 0 Å². The molecule has 0 radical (unpaired) electrons. The van der Waals surface area contributed by atoms with Crippen LogP contribution in [0, 0.1) is 0 Å². The smallest absolute Gasteiger partial charge is 0.152 e. The van der Waals surface area contributed by atoms with Crippen LogP contribution in [0.25, 0.3) is 4.91 Å².